The molecule has 132 valence electrons. The summed E-state index contributed by atoms with van der Waals surface area (Å²) in [6.07, 6.45) is 5.51. The largest absolute Gasteiger partial charge is 0.496 e. The predicted molar refractivity (Wildman–Crippen MR) is 106 cm³/mol. The Bertz CT molecular complexity index is 959. The van der Waals surface area contributed by atoms with Crippen molar-refractivity contribution >= 4 is 12.2 Å². The van der Waals surface area contributed by atoms with Crippen molar-refractivity contribution in [2.75, 3.05) is 7.11 Å². The predicted octanol–water partition coefficient (Wildman–Crippen LogP) is 4.57. The molecule has 1 heterocycles. The summed E-state index contributed by atoms with van der Waals surface area (Å²) in [5.41, 5.74) is 4.00. The highest BCUT2D eigenvalue weighted by molar-refractivity contribution is 5.84. The summed E-state index contributed by atoms with van der Waals surface area (Å²) >= 11 is 0. The third-order valence-corrected chi connectivity index (χ3v) is 4.20. The molecule has 3 rings (SSSR count). The molecule has 0 atom stereocenters. The van der Waals surface area contributed by atoms with E-state index in [1.165, 1.54) is 0 Å². The van der Waals surface area contributed by atoms with Crippen molar-refractivity contribution in [3.05, 3.63) is 81.8 Å². The van der Waals surface area contributed by atoms with Gasteiger partial charge in [0.15, 0.2) is 0 Å². The van der Waals surface area contributed by atoms with Crippen LogP contribution in [0.5, 0.6) is 5.75 Å². The van der Waals surface area contributed by atoms with E-state index in [1.54, 1.807) is 7.11 Å². The number of para-hydroxylation sites is 1. The van der Waals surface area contributed by atoms with Crippen molar-refractivity contribution in [3.63, 3.8) is 0 Å². The van der Waals surface area contributed by atoms with Gasteiger partial charge in [0.25, 0.3) is 5.56 Å². The van der Waals surface area contributed by atoms with Gasteiger partial charge in [-0.15, -0.1) is 0 Å². The molecule has 0 aliphatic heterocycles. The van der Waals surface area contributed by atoms with E-state index in [0.29, 0.717) is 5.56 Å². The zero-order valence-corrected chi connectivity index (χ0v) is 15.0. The molecule has 4 heteroatoms. The van der Waals surface area contributed by atoms with Crippen LogP contribution >= 0.6 is 0 Å². The Hall–Kier alpha value is -3.14. The number of aromatic amines is 1. The lowest BCUT2D eigenvalue weighted by atomic mass is 9.96. The first-order valence-electron chi connectivity index (χ1n) is 8.72. The number of aryl methyl sites for hydroxylation is 1. The first-order chi connectivity index (χ1) is 12.7. The van der Waals surface area contributed by atoms with E-state index in [1.807, 2.05) is 66.7 Å². The molecule has 0 fully saturated rings. The van der Waals surface area contributed by atoms with Gasteiger partial charge in [-0.1, -0.05) is 68.0 Å². The lowest BCUT2D eigenvalue weighted by Crippen LogP contribution is -2.16. The van der Waals surface area contributed by atoms with Crippen LogP contribution < -0.4 is 10.3 Å². The van der Waals surface area contributed by atoms with Crippen LogP contribution in [0.3, 0.4) is 0 Å². The van der Waals surface area contributed by atoms with Gasteiger partial charge in [0, 0.05) is 11.1 Å². The lowest BCUT2D eigenvalue weighted by molar-refractivity contribution is 0.416. The number of ether oxygens (including phenoxy) is 1. The maximum atomic E-state index is 12.6. The monoisotopic (exact) mass is 346 g/mol. The van der Waals surface area contributed by atoms with Crippen LogP contribution in [0.25, 0.3) is 23.3 Å². The molecule has 3 aromatic rings. The van der Waals surface area contributed by atoms with Gasteiger partial charge < -0.3 is 4.74 Å². The molecule has 0 saturated carbocycles. The molecule has 0 unspecified atom stereocenters. The highest BCUT2D eigenvalue weighted by Gasteiger charge is 2.17. The third kappa shape index (κ3) is 3.75. The molecule has 0 aliphatic carbocycles. The zero-order valence-electron chi connectivity index (χ0n) is 15.0. The molecule has 0 radical (unpaired) electrons. The van der Waals surface area contributed by atoms with Gasteiger partial charge in [0.2, 0.25) is 0 Å². The van der Waals surface area contributed by atoms with E-state index in [0.717, 1.165) is 41.0 Å². The second-order valence-corrected chi connectivity index (χ2v) is 5.98. The highest BCUT2D eigenvalue weighted by Crippen LogP contribution is 2.34. The second-order valence-electron chi connectivity index (χ2n) is 5.98. The lowest BCUT2D eigenvalue weighted by Gasteiger charge is -2.14. The van der Waals surface area contributed by atoms with E-state index < -0.39 is 0 Å². The molecule has 1 N–H and O–H groups in total. The number of benzene rings is 2. The van der Waals surface area contributed by atoms with Gasteiger partial charge in [-0.05, 0) is 24.1 Å². The maximum Gasteiger partial charge on any atom is 0.272 e. The van der Waals surface area contributed by atoms with Gasteiger partial charge in [-0.3, -0.25) is 4.79 Å². The normalized spacial score (nSPS) is 11.0. The van der Waals surface area contributed by atoms with Gasteiger partial charge in [-0.2, -0.15) is 5.10 Å². The molecular weight excluding hydrogens is 324 g/mol. The molecule has 4 nitrogen and oxygen atoms in total. The van der Waals surface area contributed by atoms with Crippen LogP contribution in [-0.4, -0.2) is 17.3 Å². The molecule has 0 spiro atoms. The molecule has 1 aromatic heterocycles. The fraction of sp³-hybridized carbons (Fsp3) is 0.182. The quantitative estimate of drug-likeness (QED) is 0.711. The van der Waals surface area contributed by atoms with Crippen LogP contribution in [0.1, 0.15) is 30.2 Å². The number of hydrogen-bond acceptors (Lipinski definition) is 3. The smallest absolute Gasteiger partial charge is 0.272 e. The Labute approximate surface area is 153 Å². The zero-order chi connectivity index (χ0) is 18.4. The van der Waals surface area contributed by atoms with Crippen molar-refractivity contribution in [3.8, 4) is 16.9 Å². The molecule has 0 aliphatic rings. The summed E-state index contributed by atoms with van der Waals surface area (Å²) in [6, 6.07) is 17.6. The Morgan fingerprint density at radius 1 is 1.04 bits per heavy atom. The summed E-state index contributed by atoms with van der Waals surface area (Å²) in [7, 11) is 1.64. The highest BCUT2D eigenvalue weighted by atomic mass is 16.5. The van der Waals surface area contributed by atoms with E-state index in [4.69, 9.17) is 4.74 Å². The molecule has 26 heavy (non-hydrogen) atoms. The van der Waals surface area contributed by atoms with Gasteiger partial charge in [0.05, 0.1) is 18.4 Å². The first-order valence-corrected chi connectivity index (χ1v) is 8.72. The van der Waals surface area contributed by atoms with Crippen molar-refractivity contribution in [1.29, 1.82) is 0 Å². The van der Waals surface area contributed by atoms with Crippen LogP contribution in [-0.2, 0) is 6.42 Å². The Kier molecular flexibility index (Phi) is 5.64. The number of methoxy groups -OCH3 is 1. The number of H-pyrrole nitrogens is 1. The molecular formula is C22H22N2O2. The van der Waals surface area contributed by atoms with Crippen LogP contribution in [0.15, 0.2) is 59.4 Å². The standard InChI is InChI=1S/C22H22N2O2/c1-3-9-19-21(17-12-7-8-13-20(17)26-2)18(22(25)24-23-19)15-14-16-10-5-4-6-11-16/h4-8,10-15H,3,9H2,1-2H3,(H,24,25). The summed E-state index contributed by atoms with van der Waals surface area (Å²) in [6.45, 7) is 2.10. The minimum atomic E-state index is -0.210. The van der Waals surface area contributed by atoms with Gasteiger partial charge >= 0.3 is 0 Å². The summed E-state index contributed by atoms with van der Waals surface area (Å²) in [5, 5.41) is 6.95. The number of nitrogens with zero attached hydrogens (tertiary/aromatic N) is 1. The Balaban J connectivity index is 2.21. The maximum absolute atomic E-state index is 12.6. The first kappa shape index (κ1) is 17.7. The molecule has 0 saturated heterocycles. The molecule has 0 bridgehead atoms. The number of aromatic nitrogens is 2. The fourth-order valence-corrected chi connectivity index (χ4v) is 2.98. The van der Waals surface area contributed by atoms with Crippen molar-refractivity contribution < 1.29 is 4.74 Å². The average molecular weight is 346 g/mol. The Morgan fingerprint density at radius 3 is 2.50 bits per heavy atom. The van der Waals surface area contributed by atoms with Crippen molar-refractivity contribution in [2.45, 2.75) is 19.8 Å². The minimum Gasteiger partial charge on any atom is -0.496 e. The van der Waals surface area contributed by atoms with Crippen molar-refractivity contribution in [1.82, 2.24) is 10.2 Å². The van der Waals surface area contributed by atoms with E-state index in [-0.39, 0.29) is 5.56 Å². The van der Waals surface area contributed by atoms with Crippen LogP contribution in [0.2, 0.25) is 0 Å². The van der Waals surface area contributed by atoms with Gasteiger partial charge in [-0.25, -0.2) is 5.10 Å². The summed E-state index contributed by atoms with van der Waals surface area (Å²) < 4.78 is 5.53. The van der Waals surface area contributed by atoms with E-state index in [9.17, 15) is 4.79 Å². The molecule has 2 aromatic carbocycles. The fourth-order valence-electron chi connectivity index (χ4n) is 2.98. The number of rotatable bonds is 6. The van der Waals surface area contributed by atoms with E-state index >= 15 is 0 Å². The minimum absolute atomic E-state index is 0.210. The van der Waals surface area contributed by atoms with Crippen LogP contribution in [0, 0.1) is 0 Å². The number of hydrogen-bond donors (Lipinski definition) is 1. The topological polar surface area (TPSA) is 55.0 Å². The summed E-state index contributed by atoms with van der Waals surface area (Å²) in [4.78, 5) is 12.6. The Morgan fingerprint density at radius 2 is 1.77 bits per heavy atom. The third-order valence-electron chi connectivity index (χ3n) is 4.20. The second kappa shape index (κ2) is 8.30. The average Bonchev–Trinajstić information content (AvgIpc) is 2.69. The van der Waals surface area contributed by atoms with Crippen molar-refractivity contribution in [2.24, 2.45) is 0 Å². The number of nitrogens with one attached hydrogen (secondary N) is 1. The van der Waals surface area contributed by atoms with Gasteiger partial charge in [0.1, 0.15) is 5.75 Å². The molecule has 0 amide bonds. The van der Waals surface area contributed by atoms with Crippen LogP contribution in [0.4, 0.5) is 0 Å². The summed E-state index contributed by atoms with van der Waals surface area (Å²) in [5.74, 6) is 0.728. The SMILES string of the molecule is CCCc1n[nH]c(=O)c(C=Cc2ccccc2)c1-c1ccccc1OC. The van der Waals surface area contributed by atoms with E-state index in [2.05, 4.69) is 17.1 Å².